The zero-order valence-corrected chi connectivity index (χ0v) is 17.1. The van der Waals surface area contributed by atoms with Crippen molar-refractivity contribution in [1.29, 1.82) is 0 Å². The Bertz CT molecular complexity index is 1420. The summed E-state index contributed by atoms with van der Waals surface area (Å²) >= 11 is 0. The Kier molecular flexibility index (Phi) is 4.73. The topological polar surface area (TPSA) is 83.8 Å². The average molecular weight is 406 g/mol. The molecular formula is C26H22N4O. The zero-order chi connectivity index (χ0) is 21.4. The summed E-state index contributed by atoms with van der Waals surface area (Å²) in [6.45, 7) is 1.96. The minimum absolute atomic E-state index is 0.154. The number of rotatable bonds is 4. The summed E-state index contributed by atoms with van der Waals surface area (Å²) in [5.74, 6) is -0.174. The van der Waals surface area contributed by atoms with E-state index in [9.17, 15) is 4.79 Å². The lowest BCUT2D eigenvalue weighted by Gasteiger charge is -2.16. The summed E-state index contributed by atoms with van der Waals surface area (Å²) in [6.07, 6.45) is 3.48. The van der Waals surface area contributed by atoms with Crippen LogP contribution >= 0.6 is 0 Å². The van der Waals surface area contributed by atoms with Gasteiger partial charge in [-0.05, 0) is 64.7 Å². The number of fused-ring (bicyclic) bond motifs is 2. The quantitative estimate of drug-likeness (QED) is 0.360. The lowest BCUT2D eigenvalue weighted by Crippen LogP contribution is -2.14. The van der Waals surface area contributed by atoms with Gasteiger partial charge in [0.15, 0.2) is 0 Å². The van der Waals surface area contributed by atoms with E-state index in [1.165, 1.54) is 5.39 Å². The van der Waals surface area contributed by atoms with Gasteiger partial charge in [0.05, 0.1) is 5.69 Å². The number of pyridine rings is 1. The molecule has 0 saturated carbocycles. The fourth-order valence-corrected chi connectivity index (χ4v) is 3.97. The highest BCUT2D eigenvalue weighted by molar-refractivity contribution is 6.09. The zero-order valence-electron chi connectivity index (χ0n) is 17.1. The maximum absolute atomic E-state index is 13.1. The summed E-state index contributed by atoms with van der Waals surface area (Å²) in [5, 5.41) is 6.21. The lowest BCUT2D eigenvalue weighted by atomic mass is 9.92. The monoisotopic (exact) mass is 406 g/mol. The van der Waals surface area contributed by atoms with Crippen molar-refractivity contribution in [2.75, 3.05) is 5.32 Å². The number of aromatic amines is 1. The third-order valence-electron chi connectivity index (χ3n) is 5.57. The fraction of sp³-hybridized carbons (Fsp3) is 0.0769. The smallest absolute Gasteiger partial charge is 0.255 e. The molecule has 0 aliphatic rings. The van der Waals surface area contributed by atoms with Crippen LogP contribution in [0.5, 0.6) is 0 Å². The van der Waals surface area contributed by atoms with Crippen molar-refractivity contribution >= 4 is 33.4 Å². The van der Waals surface area contributed by atoms with Gasteiger partial charge < -0.3 is 16.0 Å². The van der Waals surface area contributed by atoms with Gasteiger partial charge in [-0.25, -0.2) is 4.98 Å². The Morgan fingerprint density at radius 2 is 1.84 bits per heavy atom. The Labute approximate surface area is 179 Å². The number of hydrogen-bond acceptors (Lipinski definition) is 3. The highest BCUT2D eigenvalue weighted by Crippen LogP contribution is 2.31. The third-order valence-corrected chi connectivity index (χ3v) is 5.57. The van der Waals surface area contributed by atoms with Crippen LogP contribution in [0.1, 0.15) is 28.9 Å². The normalized spacial score (nSPS) is 12.2. The van der Waals surface area contributed by atoms with Crippen LogP contribution in [-0.2, 0) is 0 Å². The highest BCUT2D eigenvalue weighted by atomic mass is 16.1. The fourth-order valence-electron chi connectivity index (χ4n) is 3.97. The molecule has 2 heterocycles. The van der Waals surface area contributed by atoms with Crippen molar-refractivity contribution in [3.63, 3.8) is 0 Å². The molecule has 5 nitrogen and oxygen atoms in total. The van der Waals surface area contributed by atoms with E-state index in [2.05, 4.69) is 45.6 Å². The highest BCUT2D eigenvalue weighted by Gasteiger charge is 2.15. The van der Waals surface area contributed by atoms with E-state index in [-0.39, 0.29) is 11.9 Å². The van der Waals surface area contributed by atoms with Gasteiger partial charge >= 0.3 is 0 Å². The van der Waals surface area contributed by atoms with Crippen LogP contribution in [0.3, 0.4) is 0 Å². The molecule has 0 aliphatic heterocycles. The Balaban J connectivity index is 1.55. The maximum atomic E-state index is 13.1. The molecule has 5 heteroatoms. The maximum Gasteiger partial charge on any atom is 0.255 e. The van der Waals surface area contributed by atoms with Crippen LogP contribution in [0.4, 0.5) is 5.69 Å². The van der Waals surface area contributed by atoms with Gasteiger partial charge in [-0.1, -0.05) is 42.5 Å². The van der Waals surface area contributed by atoms with Crippen LogP contribution in [0, 0.1) is 0 Å². The molecule has 152 valence electrons. The van der Waals surface area contributed by atoms with Crippen LogP contribution in [0.25, 0.3) is 32.9 Å². The van der Waals surface area contributed by atoms with Gasteiger partial charge in [0, 0.05) is 29.4 Å². The first kappa shape index (κ1) is 19.0. The SMILES string of the molecule is CC(N)c1ccc(C(=O)Nc2ccnc3[nH]ccc23)cc1-c1ccc2ccccc2c1. The third kappa shape index (κ3) is 3.56. The van der Waals surface area contributed by atoms with E-state index >= 15 is 0 Å². The molecule has 2 aromatic heterocycles. The van der Waals surface area contributed by atoms with Crippen molar-refractivity contribution in [3.05, 3.63) is 96.3 Å². The summed E-state index contributed by atoms with van der Waals surface area (Å²) in [6, 6.07) is 23.8. The molecular weight excluding hydrogens is 384 g/mol. The Morgan fingerprint density at radius 3 is 2.68 bits per heavy atom. The van der Waals surface area contributed by atoms with E-state index in [4.69, 9.17) is 5.73 Å². The first-order valence-electron chi connectivity index (χ1n) is 10.2. The van der Waals surface area contributed by atoms with Gasteiger partial charge in [0.2, 0.25) is 0 Å². The second-order valence-corrected chi connectivity index (χ2v) is 7.71. The molecule has 3 aromatic carbocycles. The van der Waals surface area contributed by atoms with Crippen molar-refractivity contribution in [2.45, 2.75) is 13.0 Å². The minimum atomic E-state index is -0.174. The lowest BCUT2D eigenvalue weighted by molar-refractivity contribution is 0.102. The molecule has 0 aliphatic carbocycles. The molecule has 1 amide bonds. The van der Waals surface area contributed by atoms with E-state index in [0.717, 1.165) is 38.8 Å². The van der Waals surface area contributed by atoms with Gasteiger partial charge in [0.25, 0.3) is 5.91 Å². The summed E-state index contributed by atoms with van der Waals surface area (Å²) in [7, 11) is 0. The molecule has 5 aromatic rings. The second-order valence-electron chi connectivity index (χ2n) is 7.71. The standard InChI is InChI=1S/C26H22N4O/c1-16(27)21-9-8-20(26(31)30-24-11-13-29-25-22(24)10-12-28-25)15-23(21)19-7-6-17-4-2-3-5-18(17)14-19/h2-16H,27H2,1H3,(H2,28,29,30,31). The number of hydrogen-bond donors (Lipinski definition) is 3. The molecule has 31 heavy (non-hydrogen) atoms. The molecule has 1 unspecified atom stereocenters. The van der Waals surface area contributed by atoms with E-state index in [0.29, 0.717) is 5.56 Å². The molecule has 4 N–H and O–H groups in total. The number of amides is 1. The number of nitrogens with one attached hydrogen (secondary N) is 2. The van der Waals surface area contributed by atoms with Gasteiger partial charge in [-0.15, -0.1) is 0 Å². The van der Waals surface area contributed by atoms with Crippen LogP contribution in [-0.4, -0.2) is 15.9 Å². The number of nitrogens with two attached hydrogens (primary N) is 1. The first-order valence-corrected chi connectivity index (χ1v) is 10.2. The first-order chi connectivity index (χ1) is 15.1. The predicted octanol–water partition coefficient (Wildman–Crippen LogP) is 5.66. The van der Waals surface area contributed by atoms with Crippen molar-refractivity contribution < 1.29 is 4.79 Å². The molecule has 0 spiro atoms. The number of aromatic nitrogens is 2. The Morgan fingerprint density at radius 1 is 1.00 bits per heavy atom. The summed E-state index contributed by atoms with van der Waals surface area (Å²) < 4.78 is 0. The number of nitrogens with zero attached hydrogens (tertiary/aromatic N) is 1. The number of benzene rings is 3. The number of carbonyl (C=O) groups excluding carboxylic acids is 1. The van der Waals surface area contributed by atoms with Crippen molar-refractivity contribution in [2.24, 2.45) is 5.73 Å². The predicted molar refractivity (Wildman–Crippen MR) is 126 cm³/mol. The molecule has 1 atom stereocenters. The number of carbonyl (C=O) groups is 1. The summed E-state index contributed by atoms with van der Waals surface area (Å²) in [4.78, 5) is 20.4. The van der Waals surface area contributed by atoms with Crippen molar-refractivity contribution in [1.82, 2.24) is 9.97 Å². The van der Waals surface area contributed by atoms with Crippen molar-refractivity contribution in [3.8, 4) is 11.1 Å². The van der Waals surface area contributed by atoms with Crippen LogP contribution in [0.2, 0.25) is 0 Å². The van der Waals surface area contributed by atoms with Crippen LogP contribution in [0.15, 0.2) is 85.2 Å². The Hall–Kier alpha value is -3.96. The molecule has 0 bridgehead atoms. The summed E-state index contributed by atoms with van der Waals surface area (Å²) in [5.41, 5.74) is 11.3. The molecule has 5 rings (SSSR count). The van der Waals surface area contributed by atoms with E-state index in [1.54, 1.807) is 12.3 Å². The number of H-pyrrole nitrogens is 1. The number of anilines is 1. The largest absolute Gasteiger partial charge is 0.346 e. The second kappa shape index (κ2) is 7.70. The van der Waals surface area contributed by atoms with E-state index < -0.39 is 0 Å². The van der Waals surface area contributed by atoms with Gasteiger partial charge in [-0.2, -0.15) is 0 Å². The molecule has 0 saturated heterocycles. The van der Waals surface area contributed by atoms with Gasteiger partial charge in [0.1, 0.15) is 5.65 Å². The van der Waals surface area contributed by atoms with E-state index in [1.807, 2.05) is 49.5 Å². The van der Waals surface area contributed by atoms with Gasteiger partial charge in [-0.3, -0.25) is 4.79 Å². The minimum Gasteiger partial charge on any atom is -0.346 e. The van der Waals surface area contributed by atoms with Crippen LogP contribution < -0.4 is 11.1 Å². The average Bonchev–Trinajstić information content (AvgIpc) is 3.28. The molecule has 0 fully saturated rings. The molecule has 0 radical (unpaired) electrons.